The molecule has 2 amide bonds. The molecule has 0 aliphatic heterocycles. The zero-order chi connectivity index (χ0) is 17.0. The number of halogens is 3. The summed E-state index contributed by atoms with van der Waals surface area (Å²) in [6.45, 7) is 1.82. The maximum absolute atomic E-state index is 12.4. The fraction of sp³-hybridized carbons (Fsp3) is 0.462. The minimum atomic E-state index is -4.56. The fourth-order valence-corrected chi connectivity index (χ4v) is 2.54. The van der Waals surface area contributed by atoms with Crippen LogP contribution in [0.4, 0.5) is 23.1 Å². The van der Waals surface area contributed by atoms with E-state index >= 15 is 0 Å². The van der Waals surface area contributed by atoms with Crippen molar-refractivity contribution in [1.82, 2.24) is 20.1 Å². The molecule has 10 heteroatoms. The Morgan fingerprint density at radius 2 is 2.17 bits per heavy atom. The zero-order valence-electron chi connectivity index (χ0n) is 12.5. The molecule has 1 atom stereocenters. The first-order chi connectivity index (χ1) is 10.8. The van der Waals surface area contributed by atoms with Crippen LogP contribution in [0.5, 0.6) is 0 Å². The van der Waals surface area contributed by atoms with Gasteiger partial charge < -0.3 is 9.88 Å². The van der Waals surface area contributed by atoms with Crippen molar-refractivity contribution in [3.8, 4) is 0 Å². The second-order valence-electron chi connectivity index (χ2n) is 5.06. The van der Waals surface area contributed by atoms with Crippen molar-refractivity contribution in [2.75, 3.05) is 5.32 Å². The second kappa shape index (κ2) is 6.99. The normalized spacial score (nSPS) is 12.9. The van der Waals surface area contributed by atoms with E-state index in [2.05, 4.69) is 20.8 Å². The van der Waals surface area contributed by atoms with E-state index in [0.717, 1.165) is 12.1 Å². The number of aromatic nitrogens is 3. The lowest BCUT2D eigenvalue weighted by Crippen LogP contribution is -2.36. The average molecular weight is 347 g/mol. The molecule has 2 N–H and O–H groups in total. The summed E-state index contributed by atoms with van der Waals surface area (Å²) in [5.74, 6) is 0. The molecule has 126 valence electrons. The SMILES string of the molecule is C[C@@H](CCc1cccn1C)NC(=O)Nc1nnc(C(F)(F)F)s1. The minimum absolute atomic E-state index is 0.139. The number of aryl methyl sites for hydroxylation is 2. The van der Waals surface area contributed by atoms with Gasteiger partial charge in [0, 0.05) is 25.0 Å². The van der Waals surface area contributed by atoms with Gasteiger partial charge in [0.15, 0.2) is 0 Å². The Morgan fingerprint density at radius 3 is 2.74 bits per heavy atom. The lowest BCUT2D eigenvalue weighted by molar-refractivity contribution is -0.138. The molecule has 0 aliphatic carbocycles. The third kappa shape index (κ3) is 4.95. The van der Waals surface area contributed by atoms with Gasteiger partial charge in [0.1, 0.15) is 0 Å². The van der Waals surface area contributed by atoms with E-state index in [4.69, 9.17) is 0 Å². The molecule has 2 aromatic rings. The second-order valence-corrected chi connectivity index (χ2v) is 6.04. The molecule has 0 aliphatic rings. The van der Waals surface area contributed by atoms with Gasteiger partial charge in [-0.3, -0.25) is 5.32 Å². The van der Waals surface area contributed by atoms with E-state index in [1.807, 2.05) is 36.9 Å². The molecule has 0 spiro atoms. The molecule has 0 aromatic carbocycles. The molecule has 0 unspecified atom stereocenters. The Kier molecular flexibility index (Phi) is 5.24. The van der Waals surface area contributed by atoms with Gasteiger partial charge in [-0.15, -0.1) is 10.2 Å². The van der Waals surface area contributed by atoms with Crippen molar-refractivity contribution in [2.45, 2.75) is 32.0 Å². The first-order valence-corrected chi connectivity index (χ1v) is 7.66. The maximum Gasteiger partial charge on any atom is 0.445 e. The van der Waals surface area contributed by atoms with Crippen molar-refractivity contribution < 1.29 is 18.0 Å². The molecule has 0 saturated heterocycles. The van der Waals surface area contributed by atoms with E-state index in [1.54, 1.807) is 0 Å². The Labute approximate surface area is 134 Å². The summed E-state index contributed by atoms with van der Waals surface area (Å²) in [7, 11) is 1.94. The summed E-state index contributed by atoms with van der Waals surface area (Å²) in [6.07, 6.45) is -1.14. The van der Waals surface area contributed by atoms with Gasteiger partial charge >= 0.3 is 12.2 Å². The highest BCUT2D eigenvalue weighted by Crippen LogP contribution is 2.32. The molecule has 0 saturated carbocycles. The van der Waals surface area contributed by atoms with Crippen LogP contribution in [0.15, 0.2) is 18.3 Å². The minimum Gasteiger partial charge on any atom is -0.354 e. The molecule has 2 rings (SSSR count). The molecule has 2 heterocycles. The number of rotatable bonds is 5. The van der Waals surface area contributed by atoms with Crippen LogP contribution in [0.3, 0.4) is 0 Å². The van der Waals surface area contributed by atoms with Gasteiger partial charge in [-0.2, -0.15) is 13.2 Å². The molecule has 6 nitrogen and oxygen atoms in total. The number of alkyl halides is 3. The monoisotopic (exact) mass is 347 g/mol. The summed E-state index contributed by atoms with van der Waals surface area (Å²) in [5.41, 5.74) is 1.14. The van der Waals surface area contributed by atoms with Crippen LogP contribution in [0.25, 0.3) is 0 Å². The third-order valence-corrected chi connectivity index (χ3v) is 4.03. The Morgan fingerprint density at radius 1 is 1.43 bits per heavy atom. The number of hydrogen-bond donors (Lipinski definition) is 2. The third-order valence-electron chi connectivity index (χ3n) is 3.15. The quantitative estimate of drug-likeness (QED) is 0.873. The van der Waals surface area contributed by atoms with Crippen LogP contribution in [0.1, 0.15) is 24.0 Å². The van der Waals surface area contributed by atoms with E-state index < -0.39 is 17.2 Å². The van der Waals surface area contributed by atoms with Crippen molar-refractivity contribution in [2.24, 2.45) is 7.05 Å². The van der Waals surface area contributed by atoms with Crippen LogP contribution in [0.2, 0.25) is 0 Å². The highest BCUT2D eigenvalue weighted by molar-refractivity contribution is 7.15. The predicted octanol–water partition coefficient (Wildman–Crippen LogP) is 3.04. The lowest BCUT2D eigenvalue weighted by Gasteiger charge is -2.14. The number of anilines is 1. The van der Waals surface area contributed by atoms with Gasteiger partial charge in [-0.1, -0.05) is 11.3 Å². The molecule has 23 heavy (non-hydrogen) atoms. The lowest BCUT2D eigenvalue weighted by atomic mass is 10.1. The van der Waals surface area contributed by atoms with Crippen molar-refractivity contribution in [1.29, 1.82) is 0 Å². The zero-order valence-corrected chi connectivity index (χ0v) is 13.3. The topological polar surface area (TPSA) is 71.8 Å². The van der Waals surface area contributed by atoms with Gasteiger partial charge in [0.25, 0.3) is 0 Å². The largest absolute Gasteiger partial charge is 0.445 e. The first-order valence-electron chi connectivity index (χ1n) is 6.84. The van der Waals surface area contributed by atoms with E-state index in [1.165, 1.54) is 0 Å². The summed E-state index contributed by atoms with van der Waals surface area (Å²) in [6, 6.07) is 3.19. The fourth-order valence-electron chi connectivity index (χ4n) is 1.94. The Bertz CT molecular complexity index is 667. The van der Waals surface area contributed by atoms with E-state index in [0.29, 0.717) is 6.42 Å². The van der Waals surface area contributed by atoms with E-state index in [9.17, 15) is 18.0 Å². The molecule has 0 radical (unpaired) electrons. The highest BCUT2D eigenvalue weighted by Gasteiger charge is 2.35. The summed E-state index contributed by atoms with van der Waals surface area (Å²) < 4.78 is 39.2. The van der Waals surface area contributed by atoms with Gasteiger partial charge in [-0.05, 0) is 31.9 Å². The number of nitrogens with one attached hydrogen (secondary N) is 2. The van der Waals surface area contributed by atoms with Crippen LogP contribution in [-0.4, -0.2) is 26.8 Å². The number of carbonyl (C=O) groups is 1. The molecule has 0 fully saturated rings. The summed E-state index contributed by atoms with van der Waals surface area (Å²) in [5, 5.41) is 9.93. The average Bonchev–Trinajstić information content (AvgIpc) is 3.05. The number of hydrogen-bond acceptors (Lipinski definition) is 4. The van der Waals surface area contributed by atoms with E-state index in [-0.39, 0.29) is 22.5 Å². The first kappa shape index (κ1) is 17.3. The van der Waals surface area contributed by atoms with Crippen LogP contribution < -0.4 is 10.6 Å². The number of urea groups is 1. The Hall–Kier alpha value is -2.10. The van der Waals surface area contributed by atoms with Crippen LogP contribution >= 0.6 is 11.3 Å². The smallest absolute Gasteiger partial charge is 0.354 e. The molecule has 0 bridgehead atoms. The number of nitrogens with zero attached hydrogens (tertiary/aromatic N) is 3. The number of amides is 2. The molecular formula is C13H16F3N5OS. The van der Waals surface area contributed by atoms with Gasteiger partial charge in [0.05, 0.1) is 0 Å². The number of carbonyl (C=O) groups excluding carboxylic acids is 1. The van der Waals surface area contributed by atoms with Crippen molar-refractivity contribution >= 4 is 22.5 Å². The molecule has 2 aromatic heterocycles. The summed E-state index contributed by atoms with van der Waals surface area (Å²) in [4.78, 5) is 11.7. The highest BCUT2D eigenvalue weighted by atomic mass is 32.1. The van der Waals surface area contributed by atoms with Gasteiger partial charge in [-0.25, -0.2) is 4.79 Å². The van der Waals surface area contributed by atoms with Crippen LogP contribution in [0, 0.1) is 0 Å². The maximum atomic E-state index is 12.4. The summed E-state index contributed by atoms with van der Waals surface area (Å²) >= 11 is 0.286. The van der Waals surface area contributed by atoms with Crippen molar-refractivity contribution in [3.05, 3.63) is 29.0 Å². The standard InChI is InChI=1S/C13H16F3N5OS/c1-8(5-6-9-4-3-7-21(9)2)17-11(22)18-12-20-19-10(23-12)13(14,15)16/h3-4,7-8H,5-6H2,1-2H3,(H2,17,18,20,22)/t8-/m0/s1. The van der Waals surface area contributed by atoms with Crippen LogP contribution in [-0.2, 0) is 19.6 Å². The Balaban J connectivity index is 1.80. The predicted molar refractivity (Wildman–Crippen MR) is 80.3 cm³/mol. The molecular weight excluding hydrogens is 331 g/mol. The van der Waals surface area contributed by atoms with Gasteiger partial charge in [0.2, 0.25) is 10.1 Å². The van der Waals surface area contributed by atoms with Crippen molar-refractivity contribution in [3.63, 3.8) is 0 Å².